The van der Waals surface area contributed by atoms with Crippen molar-refractivity contribution in [2.45, 2.75) is 13.0 Å². The van der Waals surface area contributed by atoms with Crippen molar-refractivity contribution in [2.75, 3.05) is 17.2 Å². The summed E-state index contributed by atoms with van der Waals surface area (Å²) in [5.41, 5.74) is 3.04. The van der Waals surface area contributed by atoms with E-state index in [0.29, 0.717) is 42.0 Å². The molecule has 3 aromatic rings. The summed E-state index contributed by atoms with van der Waals surface area (Å²) >= 11 is 5.98. The molecule has 2 aromatic carbocycles. The summed E-state index contributed by atoms with van der Waals surface area (Å²) in [6.07, 6.45) is 0.688. The number of benzene rings is 2. The van der Waals surface area contributed by atoms with Gasteiger partial charge in [-0.15, -0.1) is 0 Å². The summed E-state index contributed by atoms with van der Waals surface area (Å²) in [7, 11) is 1.70. The van der Waals surface area contributed by atoms with Crippen LogP contribution in [-0.4, -0.2) is 21.8 Å². The SMILES string of the molecule is Cn1c(NCc2ccccc2)nc2c(c1=O)N=C(c1ccc(Cl)cc1)CCN2. The number of hydrogen-bond acceptors (Lipinski definition) is 5. The minimum atomic E-state index is -0.193. The maximum atomic E-state index is 12.9. The van der Waals surface area contributed by atoms with Gasteiger partial charge in [-0.3, -0.25) is 9.36 Å². The third kappa shape index (κ3) is 3.77. The molecule has 4 rings (SSSR count). The molecule has 1 aliphatic rings. The molecule has 2 N–H and O–H groups in total. The van der Waals surface area contributed by atoms with E-state index in [1.165, 1.54) is 4.57 Å². The first-order chi connectivity index (χ1) is 13.6. The van der Waals surface area contributed by atoms with E-state index in [4.69, 9.17) is 11.6 Å². The number of anilines is 2. The predicted molar refractivity (Wildman–Crippen MR) is 114 cm³/mol. The van der Waals surface area contributed by atoms with Crippen molar-refractivity contribution in [3.63, 3.8) is 0 Å². The van der Waals surface area contributed by atoms with Gasteiger partial charge in [0.15, 0.2) is 11.5 Å². The molecule has 1 aromatic heterocycles. The average molecular weight is 394 g/mol. The standard InChI is InChI=1S/C21H20ClN5O/c1-27-20(28)18-19(26-21(27)24-13-14-5-3-2-4-6-14)23-12-11-17(25-18)15-7-9-16(22)10-8-15/h2-10,23H,11-13H2,1H3,(H,24,26). The number of nitrogens with zero attached hydrogens (tertiary/aromatic N) is 3. The first-order valence-electron chi connectivity index (χ1n) is 9.08. The minimum Gasteiger partial charge on any atom is -0.368 e. The Morgan fingerprint density at radius 1 is 1.14 bits per heavy atom. The van der Waals surface area contributed by atoms with Crippen LogP contribution in [0.4, 0.5) is 17.5 Å². The third-order valence-electron chi connectivity index (χ3n) is 4.64. The number of nitrogens with one attached hydrogen (secondary N) is 2. The van der Waals surface area contributed by atoms with Crippen LogP contribution in [0.1, 0.15) is 17.5 Å². The zero-order chi connectivity index (χ0) is 19.5. The maximum Gasteiger partial charge on any atom is 0.282 e. The van der Waals surface area contributed by atoms with Crippen molar-refractivity contribution in [3.8, 4) is 0 Å². The van der Waals surface area contributed by atoms with E-state index in [9.17, 15) is 4.79 Å². The van der Waals surface area contributed by atoms with Crippen molar-refractivity contribution in [2.24, 2.45) is 12.0 Å². The normalized spacial score (nSPS) is 13.1. The second-order valence-corrected chi connectivity index (χ2v) is 7.01. The van der Waals surface area contributed by atoms with E-state index in [1.807, 2.05) is 54.6 Å². The Bertz CT molecular complexity index is 1070. The monoisotopic (exact) mass is 393 g/mol. The summed E-state index contributed by atoms with van der Waals surface area (Å²) < 4.78 is 1.50. The highest BCUT2D eigenvalue weighted by Crippen LogP contribution is 2.25. The van der Waals surface area contributed by atoms with Gasteiger partial charge >= 0.3 is 0 Å². The lowest BCUT2D eigenvalue weighted by molar-refractivity contribution is 0.823. The molecule has 2 heterocycles. The smallest absolute Gasteiger partial charge is 0.282 e. The van der Waals surface area contributed by atoms with Gasteiger partial charge in [0.1, 0.15) is 0 Å². The number of halogens is 1. The number of hydrogen-bond donors (Lipinski definition) is 2. The summed E-state index contributed by atoms with van der Waals surface area (Å²) in [5, 5.41) is 7.15. The molecule has 0 radical (unpaired) electrons. The Labute approximate surface area is 167 Å². The Hall–Kier alpha value is -3.12. The molecule has 6 nitrogen and oxygen atoms in total. The first kappa shape index (κ1) is 18.3. The zero-order valence-electron chi connectivity index (χ0n) is 15.4. The predicted octanol–water partition coefficient (Wildman–Crippen LogP) is 3.98. The van der Waals surface area contributed by atoms with Gasteiger partial charge in [-0.25, -0.2) is 4.99 Å². The van der Waals surface area contributed by atoms with Crippen molar-refractivity contribution >= 4 is 34.8 Å². The molecule has 0 spiro atoms. The molecule has 0 saturated heterocycles. The van der Waals surface area contributed by atoms with Crippen LogP contribution in [0, 0.1) is 0 Å². The van der Waals surface area contributed by atoms with E-state index < -0.39 is 0 Å². The Morgan fingerprint density at radius 2 is 1.89 bits per heavy atom. The Balaban J connectivity index is 1.67. The molecule has 0 bridgehead atoms. The fraction of sp³-hybridized carbons (Fsp3) is 0.190. The van der Waals surface area contributed by atoms with E-state index in [-0.39, 0.29) is 5.56 Å². The first-order valence-corrected chi connectivity index (χ1v) is 9.46. The lowest BCUT2D eigenvalue weighted by atomic mass is 10.1. The van der Waals surface area contributed by atoms with Crippen molar-refractivity contribution in [1.29, 1.82) is 0 Å². The van der Waals surface area contributed by atoms with Crippen LogP contribution in [-0.2, 0) is 13.6 Å². The molecule has 0 atom stereocenters. The molecule has 7 heteroatoms. The molecule has 0 unspecified atom stereocenters. The maximum absolute atomic E-state index is 12.9. The zero-order valence-corrected chi connectivity index (χ0v) is 16.2. The van der Waals surface area contributed by atoms with Crippen LogP contribution in [0.5, 0.6) is 0 Å². The Kier molecular flexibility index (Phi) is 5.12. The highest BCUT2D eigenvalue weighted by Gasteiger charge is 2.18. The topological polar surface area (TPSA) is 71.3 Å². The van der Waals surface area contributed by atoms with Crippen LogP contribution < -0.4 is 16.2 Å². The van der Waals surface area contributed by atoms with Gasteiger partial charge in [-0.05, 0) is 23.3 Å². The highest BCUT2D eigenvalue weighted by atomic mass is 35.5. The number of aliphatic imine (C=N–C) groups is 1. The second kappa shape index (κ2) is 7.86. The van der Waals surface area contributed by atoms with Crippen molar-refractivity contribution < 1.29 is 0 Å². The molecular weight excluding hydrogens is 374 g/mol. The summed E-state index contributed by atoms with van der Waals surface area (Å²) in [6, 6.07) is 17.5. The van der Waals surface area contributed by atoms with E-state index >= 15 is 0 Å². The van der Waals surface area contributed by atoms with Crippen LogP contribution >= 0.6 is 11.6 Å². The molecule has 0 fully saturated rings. The van der Waals surface area contributed by atoms with Gasteiger partial charge in [0.25, 0.3) is 5.56 Å². The molecule has 28 heavy (non-hydrogen) atoms. The highest BCUT2D eigenvalue weighted by molar-refractivity contribution is 6.30. The van der Waals surface area contributed by atoms with E-state index in [1.54, 1.807) is 7.05 Å². The van der Waals surface area contributed by atoms with Gasteiger partial charge in [0.2, 0.25) is 5.95 Å². The lowest BCUT2D eigenvalue weighted by Crippen LogP contribution is -2.23. The van der Waals surface area contributed by atoms with Gasteiger partial charge in [0.05, 0.1) is 5.71 Å². The average Bonchev–Trinajstić information content (AvgIpc) is 2.94. The van der Waals surface area contributed by atoms with Gasteiger partial charge in [0, 0.05) is 31.6 Å². The molecule has 1 aliphatic heterocycles. The Morgan fingerprint density at radius 3 is 2.64 bits per heavy atom. The second-order valence-electron chi connectivity index (χ2n) is 6.58. The largest absolute Gasteiger partial charge is 0.368 e. The molecule has 142 valence electrons. The molecule has 0 aliphatic carbocycles. The number of aromatic nitrogens is 2. The molecule has 0 saturated carbocycles. The lowest BCUT2D eigenvalue weighted by Gasteiger charge is -2.13. The number of rotatable bonds is 4. The summed E-state index contributed by atoms with van der Waals surface area (Å²) in [5.74, 6) is 1.01. The minimum absolute atomic E-state index is 0.193. The van der Waals surface area contributed by atoms with Crippen LogP contribution in [0.3, 0.4) is 0 Å². The molecular formula is C21H20ClN5O. The summed E-state index contributed by atoms with van der Waals surface area (Å²) in [6.45, 7) is 1.23. The van der Waals surface area contributed by atoms with Gasteiger partial charge in [-0.1, -0.05) is 54.1 Å². The summed E-state index contributed by atoms with van der Waals surface area (Å²) in [4.78, 5) is 22.2. The van der Waals surface area contributed by atoms with Gasteiger partial charge < -0.3 is 10.6 Å². The van der Waals surface area contributed by atoms with Crippen LogP contribution in [0.15, 0.2) is 64.4 Å². The quantitative estimate of drug-likeness (QED) is 0.703. The van der Waals surface area contributed by atoms with Crippen molar-refractivity contribution in [1.82, 2.24) is 9.55 Å². The molecule has 0 amide bonds. The number of fused-ring (bicyclic) bond motifs is 1. The van der Waals surface area contributed by atoms with Crippen LogP contribution in [0.25, 0.3) is 0 Å². The fourth-order valence-corrected chi connectivity index (χ4v) is 3.22. The third-order valence-corrected chi connectivity index (χ3v) is 4.89. The fourth-order valence-electron chi connectivity index (χ4n) is 3.09. The van der Waals surface area contributed by atoms with E-state index in [2.05, 4.69) is 20.6 Å². The van der Waals surface area contributed by atoms with Crippen molar-refractivity contribution in [3.05, 3.63) is 81.1 Å². The van der Waals surface area contributed by atoms with E-state index in [0.717, 1.165) is 16.8 Å². The van der Waals surface area contributed by atoms with Gasteiger partial charge in [-0.2, -0.15) is 4.98 Å². The van der Waals surface area contributed by atoms with Crippen LogP contribution in [0.2, 0.25) is 5.02 Å².